The van der Waals surface area contributed by atoms with E-state index in [0.717, 1.165) is 4.47 Å². The van der Waals surface area contributed by atoms with Gasteiger partial charge in [-0.3, -0.25) is 10.1 Å². The van der Waals surface area contributed by atoms with Gasteiger partial charge in [0, 0.05) is 22.6 Å². The van der Waals surface area contributed by atoms with Gasteiger partial charge in [-0.1, -0.05) is 15.9 Å². The highest BCUT2D eigenvalue weighted by molar-refractivity contribution is 9.10. The van der Waals surface area contributed by atoms with Gasteiger partial charge in [-0.25, -0.2) is 4.39 Å². The molecule has 0 fully saturated rings. The first-order chi connectivity index (χ1) is 8.45. The minimum atomic E-state index is -0.363. The first-order valence-corrected chi connectivity index (χ1v) is 6.73. The van der Waals surface area contributed by atoms with E-state index >= 15 is 0 Å². The molecule has 1 aromatic rings. The summed E-state index contributed by atoms with van der Waals surface area (Å²) in [4.78, 5) is 11.6. The summed E-state index contributed by atoms with van der Waals surface area (Å²) >= 11 is 3.31. The summed E-state index contributed by atoms with van der Waals surface area (Å²) in [7, 11) is 0. The van der Waals surface area contributed by atoms with Gasteiger partial charge >= 0.3 is 0 Å². The summed E-state index contributed by atoms with van der Waals surface area (Å²) in [5.74, 6) is -0.360. The number of halogens is 2. The van der Waals surface area contributed by atoms with Crippen molar-refractivity contribution in [3.8, 4) is 0 Å². The molecule has 100 valence electrons. The Bertz CT molecular complexity index is 425. The SMILES string of the molecule is CCNC(=O)C(C)NC(C)c1cc(Br)ccc1F. The molecule has 0 spiro atoms. The monoisotopic (exact) mass is 316 g/mol. The Labute approximate surface area is 115 Å². The van der Waals surface area contributed by atoms with E-state index in [0.29, 0.717) is 12.1 Å². The standard InChI is InChI=1S/C13H18BrFN2O/c1-4-16-13(18)9(3)17-8(2)11-7-10(14)5-6-12(11)15/h5-9,17H,4H2,1-3H3,(H,16,18). The van der Waals surface area contributed by atoms with Gasteiger partial charge in [0.1, 0.15) is 5.82 Å². The predicted octanol–water partition coefficient (Wildman–Crippen LogP) is 2.76. The molecule has 0 aliphatic heterocycles. The summed E-state index contributed by atoms with van der Waals surface area (Å²) in [6, 6.07) is 4.18. The molecule has 0 aliphatic carbocycles. The van der Waals surface area contributed by atoms with Crippen molar-refractivity contribution in [2.75, 3.05) is 6.54 Å². The van der Waals surface area contributed by atoms with Crippen LogP contribution in [0.15, 0.2) is 22.7 Å². The lowest BCUT2D eigenvalue weighted by molar-refractivity contribution is -0.122. The molecule has 0 aromatic heterocycles. The van der Waals surface area contributed by atoms with E-state index in [9.17, 15) is 9.18 Å². The van der Waals surface area contributed by atoms with Gasteiger partial charge in [-0.15, -0.1) is 0 Å². The van der Waals surface area contributed by atoms with E-state index < -0.39 is 0 Å². The van der Waals surface area contributed by atoms with Crippen molar-refractivity contribution >= 4 is 21.8 Å². The summed E-state index contributed by atoms with van der Waals surface area (Å²) < 4.78 is 14.5. The zero-order chi connectivity index (χ0) is 13.7. The topological polar surface area (TPSA) is 41.1 Å². The summed E-state index contributed by atoms with van der Waals surface area (Å²) in [5.41, 5.74) is 0.542. The van der Waals surface area contributed by atoms with Crippen LogP contribution in [0.4, 0.5) is 4.39 Å². The van der Waals surface area contributed by atoms with Crippen molar-refractivity contribution < 1.29 is 9.18 Å². The molecule has 3 nitrogen and oxygen atoms in total. The van der Waals surface area contributed by atoms with Gasteiger partial charge in [-0.05, 0) is 39.0 Å². The molecule has 1 rings (SSSR count). The minimum absolute atomic E-state index is 0.0836. The van der Waals surface area contributed by atoms with Crippen LogP contribution < -0.4 is 10.6 Å². The Kier molecular flexibility index (Phi) is 5.75. The van der Waals surface area contributed by atoms with Crippen LogP contribution in [0, 0.1) is 5.82 Å². The third-order valence-electron chi connectivity index (χ3n) is 2.67. The number of hydrogen-bond donors (Lipinski definition) is 2. The van der Waals surface area contributed by atoms with Crippen molar-refractivity contribution in [1.82, 2.24) is 10.6 Å². The van der Waals surface area contributed by atoms with E-state index in [-0.39, 0.29) is 23.8 Å². The Hall–Kier alpha value is -0.940. The molecular formula is C13H18BrFN2O. The van der Waals surface area contributed by atoms with Crippen molar-refractivity contribution in [2.45, 2.75) is 32.9 Å². The van der Waals surface area contributed by atoms with Crippen molar-refractivity contribution in [1.29, 1.82) is 0 Å². The zero-order valence-corrected chi connectivity index (χ0v) is 12.3. The second kappa shape index (κ2) is 6.85. The Morgan fingerprint density at radius 2 is 2.11 bits per heavy atom. The largest absolute Gasteiger partial charge is 0.355 e. The van der Waals surface area contributed by atoms with Crippen LogP contribution in [-0.4, -0.2) is 18.5 Å². The van der Waals surface area contributed by atoms with Crippen molar-refractivity contribution in [2.24, 2.45) is 0 Å². The number of likely N-dealkylation sites (N-methyl/N-ethyl adjacent to an activating group) is 1. The maximum atomic E-state index is 13.7. The second-order valence-electron chi connectivity index (χ2n) is 4.17. The zero-order valence-electron chi connectivity index (χ0n) is 10.8. The van der Waals surface area contributed by atoms with Gasteiger partial charge in [-0.2, -0.15) is 0 Å². The predicted molar refractivity (Wildman–Crippen MR) is 73.8 cm³/mol. The van der Waals surface area contributed by atoms with E-state index in [2.05, 4.69) is 26.6 Å². The van der Waals surface area contributed by atoms with E-state index in [1.807, 2.05) is 13.8 Å². The molecule has 2 N–H and O–H groups in total. The summed E-state index contributed by atoms with van der Waals surface area (Å²) in [6.07, 6.45) is 0. The quantitative estimate of drug-likeness (QED) is 0.877. The van der Waals surface area contributed by atoms with Crippen LogP contribution in [0.1, 0.15) is 32.4 Å². The van der Waals surface area contributed by atoms with Gasteiger partial charge in [0.15, 0.2) is 0 Å². The van der Waals surface area contributed by atoms with E-state index in [4.69, 9.17) is 0 Å². The van der Waals surface area contributed by atoms with Crippen LogP contribution in [0.2, 0.25) is 0 Å². The fraction of sp³-hybridized carbons (Fsp3) is 0.462. The van der Waals surface area contributed by atoms with Gasteiger partial charge in [0.2, 0.25) is 5.91 Å². The minimum Gasteiger partial charge on any atom is -0.355 e. The van der Waals surface area contributed by atoms with Gasteiger partial charge in [0.25, 0.3) is 0 Å². The highest BCUT2D eigenvalue weighted by atomic mass is 79.9. The number of rotatable bonds is 5. The molecule has 0 bridgehead atoms. The highest BCUT2D eigenvalue weighted by Gasteiger charge is 2.17. The molecule has 1 amide bonds. The molecule has 0 saturated heterocycles. The van der Waals surface area contributed by atoms with Crippen LogP contribution in [-0.2, 0) is 4.79 Å². The molecule has 5 heteroatoms. The average Bonchev–Trinajstić information content (AvgIpc) is 2.32. The van der Waals surface area contributed by atoms with E-state index in [1.54, 1.807) is 19.1 Å². The van der Waals surface area contributed by atoms with Crippen molar-refractivity contribution in [3.05, 3.63) is 34.1 Å². The lowest BCUT2D eigenvalue weighted by Crippen LogP contribution is -2.43. The van der Waals surface area contributed by atoms with E-state index in [1.165, 1.54) is 6.07 Å². The molecule has 2 atom stereocenters. The smallest absolute Gasteiger partial charge is 0.236 e. The first-order valence-electron chi connectivity index (χ1n) is 5.94. The molecule has 1 aromatic carbocycles. The van der Waals surface area contributed by atoms with Crippen LogP contribution in [0.5, 0.6) is 0 Å². The average molecular weight is 317 g/mol. The molecule has 0 radical (unpaired) electrons. The highest BCUT2D eigenvalue weighted by Crippen LogP contribution is 2.21. The molecular weight excluding hydrogens is 299 g/mol. The second-order valence-corrected chi connectivity index (χ2v) is 5.09. The molecule has 0 heterocycles. The number of carbonyl (C=O) groups is 1. The summed E-state index contributed by atoms with van der Waals surface area (Å²) in [6.45, 7) is 6.05. The normalized spacial score (nSPS) is 14.1. The maximum Gasteiger partial charge on any atom is 0.236 e. The molecule has 2 unspecified atom stereocenters. The van der Waals surface area contributed by atoms with Crippen molar-refractivity contribution in [3.63, 3.8) is 0 Å². The van der Waals surface area contributed by atoms with Crippen LogP contribution in [0.25, 0.3) is 0 Å². The first kappa shape index (κ1) is 15.1. The Morgan fingerprint density at radius 3 is 2.72 bits per heavy atom. The summed E-state index contributed by atoms with van der Waals surface area (Å²) in [5, 5.41) is 5.80. The lowest BCUT2D eigenvalue weighted by Gasteiger charge is -2.20. The number of hydrogen-bond acceptors (Lipinski definition) is 2. The maximum absolute atomic E-state index is 13.7. The van der Waals surface area contributed by atoms with Gasteiger partial charge < -0.3 is 5.32 Å². The third-order valence-corrected chi connectivity index (χ3v) is 3.16. The van der Waals surface area contributed by atoms with Gasteiger partial charge in [0.05, 0.1) is 6.04 Å². The Balaban J connectivity index is 2.73. The van der Waals surface area contributed by atoms with Crippen LogP contribution >= 0.6 is 15.9 Å². The number of carbonyl (C=O) groups excluding carboxylic acids is 1. The Morgan fingerprint density at radius 1 is 1.44 bits per heavy atom. The number of benzene rings is 1. The fourth-order valence-corrected chi connectivity index (χ4v) is 2.09. The molecule has 0 saturated carbocycles. The third kappa shape index (κ3) is 4.07. The number of nitrogens with one attached hydrogen (secondary N) is 2. The number of amides is 1. The van der Waals surface area contributed by atoms with Crippen LogP contribution in [0.3, 0.4) is 0 Å². The molecule has 0 aliphatic rings. The lowest BCUT2D eigenvalue weighted by atomic mass is 10.1. The molecule has 18 heavy (non-hydrogen) atoms. The fourth-order valence-electron chi connectivity index (χ4n) is 1.71.